The highest BCUT2D eigenvalue weighted by atomic mass is 16.6. The molecule has 5 nitrogen and oxygen atoms in total. The summed E-state index contributed by atoms with van der Waals surface area (Å²) < 4.78 is 10.9. The molecule has 0 spiro atoms. The van der Waals surface area contributed by atoms with E-state index in [0.717, 1.165) is 45.2 Å². The molecule has 3 rings (SSSR count). The van der Waals surface area contributed by atoms with Crippen molar-refractivity contribution in [2.75, 3.05) is 20.2 Å². The summed E-state index contributed by atoms with van der Waals surface area (Å²) >= 11 is 0. The van der Waals surface area contributed by atoms with Crippen LogP contribution in [-0.4, -0.2) is 49.4 Å². The maximum atomic E-state index is 12.3. The van der Waals surface area contributed by atoms with Gasteiger partial charge < -0.3 is 19.7 Å². The number of nitrogens with zero attached hydrogens (tertiary/aromatic N) is 1. The molecule has 1 saturated heterocycles. The van der Waals surface area contributed by atoms with Crippen LogP contribution in [0.25, 0.3) is 0 Å². The highest BCUT2D eigenvalue weighted by molar-refractivity contribution is 5.70. The van der Waals surface area contributed by atoms with Gasteiger partial charge in [0, 0.05) is 32.3 Å². The van der Waals surface area contributed by atoms with E-state index in [4.69, 9.17) is 9.47 Å². The maximum absolute atomic E-state index is 12.3. The molecule has 0 bridgehead atoms. The van der Waals surface area contributed by atoms with Gasteiger partial charge in [0.2, 0.25) is 0 Å². The number of likely N-dealkylation sites (tertiary alicyclic amines) is 1. The number of methoxy groups -OCH3 is 1. The van der Waals surface area contributed by atoms with Crippen LogP contribution in [0.5, 0.6) is 5.75 Å². The van der Waals surface area contributed by atoms with E-state index in [9.17, 15) is 4.79 Å². The average Bonchev–Trinajstić information content (AvgIpc) is 2.92. The Labute approximate surface area is 144 Å². The molecule has 132 valence electrons. The Bertz CT molecular complexity index is 523. The predicted octanol–water partition coefficient (Wildman–Crippen LogP) is 3.20. The molecule has 0 aromatic heterocycles. The van der Waals surface area contributed by atoms with Crippen molar-refractivity contribution < 1.29 is 14.3 Å². The molecule has 3 atom stereocenters. The van der Waals surface area contributed by atoms with E-state index < -0.39 is 0 Å². The SMILES string of the molecule is COC1CCC(NC2CCCN(C(=O)Oc3ccccc3)CC2)C1. The fourth-order valence-electron chi connectivity index (χ4n) is 3.74. The van der Waals surface area contributed by atoms with Gasteiger partial charge >= 0.3 is 6.09 Å². The van der Waals surface area contributed by atoms with Crippen LogP contribution >= 0.6 is 0 Å². The van der Waals surface area contributed by atoms with Gasteiger partial charge in [-0.15, -0.1) is 0 Å². The van der Waals surface area contributed by atoms with E-state index in [-0.39, 0.29) is 6.09 Å². The Hall–Kier alpha value is -1.59. The molecule has 1 amide bonds. The van der Waals surface area contributed by atoms with Gasteiger partial charge in [-0.25, -0.2) is 4.79 Å². The zero-order chi connectivity index (χ0) is 16.8. The highest BCUT2D eigenvalue weighted by Crippen LogP contribution is 2.23. The van der Waals surface area contributed by atoms with Crippen molar-refractivity contribution in [3.63, 3.8) is 0 Å². The van der Waals surface area contributed by atoms with Crippen LogP contribution in [-0.2, 0) is 4.74 Å². The van der Waals surface area contributed by atoms with E-state index in [2.05, 4.69) is 5.32 Å². The molecule has 3 unspecified atom stereocenters. The first-order chi connectivity index (χ1) is 11.7. The number of hydrogen-bond acceptors (Lipinski definition) is 4. The third-order valence-electron chi connectivity index (χ3n) is 5.12. The van der Waals surface area contributed by atoms with Gasteiger partial charge in [0.1, 0.15) is 5.75 Å². The first kappa shape index (κ1) is 17.2. The lowest BCUT2D eigenvalue weighted by Gasteiger charge is -2.22. The molecule has 1 aromatic carbocycles. The van der Waals surface area contributed by atoms with Crippen LogP contribution in [0.1, 0.15) is 38.5 Å². The third kappa shape index (κ3) is 4.71. The van der Waals surface area contributed by atoms with Crippen LogP contribution in [0.4, 0.5) is 4.79 Å². The summed E-state index contributed by atoms with van der Waals surface area (Å²) in [5.74, 6) is 0.609. The molecule has 1 aliphatic heterocycles. The fraction of sp³-hybridized carbons (Fsp3) is 0.632. The number of nitrogens with one attached hydrogen (secondary N) is 1. The first-order valence-corrected chi connectivity index (χ1v) is 9.05. The Morgan fingerprint density at radius 2 is 1.92 bits per heavy atom. The van der Waals surface area contributed by atoms with Crippen molar-refractivity contribution in [2.24, 2.45) is 0 Å². The second kappa shape index (κ2) is 8.49. The van der Waals surface area contributed by atoms with Gasteiger partial charge in [-0.2, -0.15) is 0 Å². The van der Waals surface area contributed by atoms with Gasteiger partial charge in [0.25, 0.3) is 0 Å². The van der Waals surface area contributed by atoms with Crippen LogP contribution in [0.3, 0.4) is 0 Å². The smallest absolute Gasteiger partial charge is 0.410 e. The highest BCUT2D eigenvalue weighted by Gasteiger charge is 2.28. The van der Waals surface area contributed by atoms with Gasteiger partial charge in [-0.3, -0.25) is 0 Å². The molecule has 1 aliphatic carbocycles. The zero-order valence-electron chi connectivity index (χ0n) is 14.4. The van der Waals surface area contributed by atoms with Crippen LogP contribution in [0.2, 0.25) is 0 Å². The van der Waals surface area contributed by atoms with Crippen LogP contribution in [0.15, 0.2) is 30.3 Å². The van der Waals surface area contributed by atoms with Crippen molar-refractivity contribution in [3.8, 4) is 5.75 Å². The Kier molecular flexibility index (Phi) is 6.10. The Balaban J connectivity index is 1.45. The number of para-hydroxylation sites is 1. The number of amides is 1. The molecule has 2 fully saturated rings. The fourth-order valence-corrected chi connectivity index (χ4v) is 3.74. The number of carbonyl (C=O) groups is 1. The zero-order valence-corrected chi connectivity index (χ0v) is 14.4. The molecule has 0 radical (unpaired) electrons. The molecule has 1 heterocycles. The first-order valence-electron chi connectivity index (χ1n) is 9.05. The van der Waals surface area contributed by atoms with E-state index >= 15 is 0 Å². The summed E-state index contributed by atoms with van der Waals surface area (Å²) in [6.45, 7) is 1.53. The predicted molar refractivity (Wildman–Crippen MR) is 93.2 cm³/mol. The minimum atomic E-state index is -0.234. The molecular weight excluding hydrogens is 304 g/mol. The van der Waals surface area contributed by atoms with Crippen molar-refractivity contribution >= 4 is 6.09 Å². The van der Waals surface area contributed by atoms with Gasteiger partial charge in [0.05, 0.1) is 6.10 Å². The third-order valence-corrected chi connectivity index (χ3v) is 5.12. The summed E-state index contributed by atoms with van der Waals surface area (Å²) in [5, 5.41) is 3.77. The maximum Gasteiger partial charge on any atom is 0.415 e. The quantitative estimate of drug-likeness (QED) is 0.920. The average molecular weight is 332 g/mol. The topological polar surface area (TPSA) is 50.8 Å². The number of ether oxygens (including phenoxy) is 2. The van der Waals surface area contributed by atoms with E-state index in [1.807, 2.05) is 35.2 Å². The van der Waals surface area contributed by atoms with Crippen molar-refractivity contribution in [1.29, 1.82) is 0 Å². The molecule has 1 N–H and O–H groups in total. The van der Waals surface area contributed by atoms with Crippen molar-refractivity contribution in [3.05, 3.63) is 30.3 Å². The summed E-state index contributed by atoms with van der Waals surface area (Å²) in [6.07, 6.45) is 6.73. The minimum absolute atomic E-state index is 0.234. The molecule has 1 aromatic rings. The van der Waals surface area contributed by atoms with Gasteiger partial charge in [-0.1, -0.05) is 18.2 Å². The van der Waals surface area contributed by atoms with Crippen LogP contribution in [0, 0.1) is 0 Å². The Morgan fingerprint density at radius 1 is 1.08 bits per heavy atom. The molecule has 2 aliphatic rings. The van der Waals surface area contributed by atoms with Gasteiger partial charge in [-0.05, 0) is 50.7 Å². The lowest BCUT2D eigenvalue weighted by molar-refractivity contribution is 0.106. The largest absolute Gasteiger partial charge is 0.415 e. The van der Waals surface area contributed by atoms with Crippen LogP contribution < -0.4 is 10.1 Å². The lowest BCUT2D eigenvalue weighted by atomic mass is 10.1. The second-order valence-electron chi connectivity index (χ2n) is 6.83. The lowest BCUT2D eigenvalue weighted by Crippen LogP contribution is -2.39. The number of benzene rings is 1. The monoisotopic (exact) mass is 332 g/mol. The van der Waals surface area contributed by atoms with Gasteiger partial charge in [0.15, 0.2) is 0 Å². The normalized spacial score (nSPS) is 27.7. The summed E-state index contributed by atoms with van der Waals surface area (Å²) in [7, 11) is 1.80. The van der Waals surface area contributed by atoms with Crippen molar-refractivity contribution in [2.45, 2.75) is 56.7 Å². The van der Waals surface area contributed by atoms with E-state index in [0.29, 0.717) is 23.9 Å². The Morgan fingerprint density at radius 3 is 2.67 bits per heavy atom. The van der Waals surface area contributed by atoms with E-state index in [1.54, 1.807) is 7.11 Å². The molecule has 24 heavy (non-hydrogen) atoms. The number of carbonyl (C=O) groups excluding carboxylic acids is 1. The molecular formula is C19H28N2O3. The molecule has 1 saturated carbocycles. The summed E-state index contributed by atoms with van der Waals surface area (Å²) in [4.78, 5) is 14.2. The number of hydrogen-bond donors (Lipinski definition) is 1. The summed E-state index contributed by atoms with van der Waals surface area (Å²) in [6, 6.07) is 10.3. The number of rotatable bonds is 4. The minimum Gasteiger partial charge on any atom is -0.410 e. The van der Waals surface area contributed by atoms with E-state index in [1.165, 1.54) is 6.42 Å². The molecule has 5 heteroatoms. The second-order valence-corrected chi connectivity index (χ2v) is 6.83. The standard InChI is InChI=1S/C19H28N2O3/c1-23-18-10-9-16(14-18)20-15-6-5-12-21(13-11-15)19(22)24-17-7-3-2-4-8-17/h2-4,7-8,15-16,18,20H,5-6,9-14H2,1H3. The summed E-state index contributed by atoms with van der Waals surface area (Å²) in [5.41, 5.74) is 0. The van der Waals surface area contributed by atoms with Crippen molar-refractivity contribution in [1.82, 2.24) is 10.2 Å².